The van der Waals surface area contributed by atoms with Crippen molar-refractivity contribution in [3.05, 3.63) is 5.82 Å². The van der Waals surface area contributed by atoms with E-state index in [0.29, 0.717) is 5.82 Å². The number of aromatic nitrogens is 2. The lowest BCUT2D eigenvalue weighted by molar-refractivity contribution is -0.0609. The minimum absolute atomic E-state index is 0.111. The summed E-state index contributed by atoms with van der Waals surface area (Å²) in [6.07, 6.45) is 4.12. The van der Waals surface area contributed by atoms with Crippen molar-refractivity contribution < 1.29 is 9.26 Å². The molecule has 0 spiro atoms. The van der Waals surface area contributed by atoms with E-state index in [1.165, 1.54) is 0 Å². The van der Waals surface area contributed by atoms with Gasteiger partial charge in [-0.2, -0.15) is 4.98 Å². The van der Waals surface area contributed by atoms with E-state index in [1.54, 1.807) is 7.11 Å². The SMILES string of the molecule is COC1(c2noc(N)n2)CCC(C)CC1. The van der Waals surface area contributed by atoms with Crippen molar-refractivity contribution in [3.63, 3.8) is 0 Å². The molecule has 1 aliphatic rings. The van der Waals surface area contributed by atoms with Crippen LogP contribution < -0.4 is 5.73 Å². The molecule has 0 unspecified atom stereocenters. The summed E-state index contributed by atoms with van der Waals surface area (Å²) in [4.78, 5) is 4.08. The molecular formula is C10H17N3O2. The summed E-state index contributed by atoms with van der Waals surface area (Å²) >= 11 is 0. The van der Waals surface area contributed by atoms with E-state index in [0.717, 1.165) is 31.6 Å². The average Bonchev–Trinajstić information content (AvgIpc) is 2.67. The van der Waals surface area contributed by atoms with Gasteiger partial charge in [0.25, 0.3) is 0 Å². The van der Waals surface area contributed by atoms with Gasteiger partial charge in [-0.25, -0.2) is 0 Å². The Labute approximate surface area is 89.0 Å². The van der Waals surface area contributed by atoms with E-state index in [1.807, 2.05) is 0 Å². The molecule has 0 saturated heterocycles. The van der Waals surface area contributed by atoms with Crippen LogP contribution in [0.15, 0.2) is 4.52 Å². The van der Waals surface area contributed by atoms with Gasteiger partial charge >= 0.3 is 6.01 Å². The van der Waals surface area contributed by atoms with Crippen LogP contribution in [-0.2, 0) is 10.3 Å². The molecule has 0 aromatic carbocycles. The van der Waals surface area contributed by atoms with Gasteiger partial charge < -0.3 is 15.0 Å². The number of anilines is 1. The highest BCUT2D eigenvalue weighted by molar-refractivity contribution is 5.13. The van der Waals surface area contributed by atoms with Crippen LogP contribution in [0.3, 0.4) is 0 Å². The molecule has 1 heterocycles. The third-order valence-corrected chi connectivity index (χ3v) is 3.32. The maximum absolute atomic E-state index is 5.59. The van der Waals surface area contributed by atoms with Crippen LogP contribution in [-0.4, -0.2) is 17.3 Å². The number of hydrogen-bond donors (Lipinski definition) is 1. The molecule has 1 aliphatic carbocycles. The molecule has 15 heavy (non-hydrogen) atoms. The zero-order chi connectivity index (χ0) is 10.9. The highest BCUT2D eigenvalue weighted by Crippen LogP contribution is 2.40. The summed E-state index contributed by atoms with van der Waals surface area (Å²) in [5, 5.41) is 3.87. The Morgan fingerprint density at radius 2 is 2.13 bits per heavy atom. The van der Waals surface area contributed by atoms with Crippen LogP contribution in [0.2, 0.25) is 0 Å². The van der Waals surface area contributed by atoms with Gasteiger partial charge in [0.1, 0.15) is 5.60 Å². The highest BCUT2D eigenvalue weighted by atomic mass is 16.5. The predicted molar refractivity (Wildman–Crippen MR) is 55.0 cm³/mol. The Bertz CT molecular complexity index is 329. The van der Waals surface area contributed by atoms with Crippen molar-refractivity contribution in [2.24, 2.45) is 5.92 Å². The van der Waals surface area contributed by atoms with Crippen molar-refractivity contribution in [2.75, 3.05) is 12.8 Å². The fourth-order valence-electron chi connectivity index (χ4n) is 2.17. The van der Waals surface area contributed by atoms with E-state index in [-0.39, 0.29) is 11.6 Å². The topological polar surface area (TPSA) is 74.2 Å². The van der Waals surface area contributed by atoms with Gasteiger partial charge in [-0.1, -0.05) is 12.1 Å². The van der Waals surface area contributed by atoms with Crippen molar-refractivity contribution in [2.45, 2.75) is 38.2 Å². The molecule has 0 amide bonds. The van der Waals surface area contributed by atoms with Crippen LogP contribution >= 0.6 is 0 Å². The molecule has 1 aromatic heterocycles. The fraction of sp³-hybridized carbons (Fsp3) is 0.800. The minimum Gasteiger partial charge on any atom is -0.370 e. The maximum atomic E-state index is 5.59. The number of rotatable bonds is 2. The van der Waals surface area contributed by atoms with E-state index in [9.17, 15) is 0 Å². The zero-order valence-corrected chi connectivity index (χ0v) is 9.19. The summed E-state index contributed by atoms with van der Waals surface area (Å²) < 4.78 is 10.4. The molecule has 1 aromatic rings. The Balaban J connectivity index is 2.22. The van der Waals surface area contributed by atoms with Crippen LogP contribution in [0.25, 0.3) is 0 Å². The average molecular weight is 211 g/mol. The molecular weight excluding hydrogens is 194 g/mol. The van der Waals surface area contributed by atoms with Gasteiger partial charge in [0.2, 0.25) is 5.82 Å². The Morgan fingerprint density at radius 1 is 1.47 bits per heavy atom. The largest absolute Gasteiger partial charge is 0.370 e. The first kappa shape index (κ1) is 10.4. The highest BCUT2D eigenvalue weighted by Gasteiger charge is 2.40. The van der Waals surface area contributed by atoms with Crippen LogP contribution in [0.1, 0.15) is 38.4 Å². The monoisotopic (exact) mass is 211 g/mol. The second-order valence-electron chi connectivity index (χ2n) is 4.34. The lowest BCUT2D eigenvalue weighted by Crippen LogP contribution is -2.34. The number of hydrogen-bond acceptors (Lipinski definition) is 5. The summed E-state index contributed by atoms with van der Waals surface area (Å²) in [6, 6.07) is 0.111. The maximum Gasteiger partial charge on any atom is 0.318 e. The van der Waals surface area contributed by atoms with Crippen molar-refractivity contribution in [3.8, 4) is 0 Å². The van der Waals surface area contributed by atoms with Gasteiger partial charge in [-0.15, -0.1) is 0 Å². The van der Waals surface area contributed by atoms with Crippen LogP contribution in [0.5, 0.6) is 0 Å². The first-order chi connectivity index (χ1) is 7.16. The number of ether oxygens (including phenoxy) is 1. The zero-order valence-electron chi connectivity index (χ0n) is 9.19. The smallest absolute Gasteiger partial charge is 0.318 e. The Kier molecular flexibility index (Phi) is 2.65. The predicted octanol–water partition coefficient (Wildman–Crippen LogP) is 1.70. The molecule has 0 radical (unpaired) electrons. The number of methoxy groups -OCH3 is 1. The summed E-state index contributed by atoms with van der Waals surface area (Å²) in [5.74, 6) is 1.34. The molecule has 0 atom stereocenters. The summed E-state index contributed by atoms with van der Waals surface area (Å²) in [5.41, 5.74) is 5.05. The number of nitrogens with zero attached hydrogens (tertiary/aromatic N) is 2. The summed E-state index contributed by atoms with van der Waals surface area (Å²) in [6.45, 7) is 2.25. The molecule has 2 rings (SSSR count). The molecule has 5 heteroatoms. The molecule has 0 aliphatic heterocycles. The van der Waals surface area contributed by atoms with Crippen molar-refractivity contribution >= 4 is 6.01 Å². The third-order valence-electron chi connectivity index (χ3n) is 3.32. The first-order valence-corrected chi connectivity index (χ1v) is 5.31. The summed E-state index contributed by atoms with van der Waals surface area (Å²) in [7, 11) is 1.70. The van der Waals surface area contributed by atoms with Crippen LogP contribution in [0, 0.1) is 5.92 Å². The molecule has 5 nitrogen and oxygen atoms in total. The van der Waals surface area contributed by atoms with E-state index in [4.69, 9.17) is 15.0 Å². The Morgan fingerprint density at radius 3 is 2.60 bits per heavy atom. The van der Waals surface area contributed by atoms with Crippen molar-refractivity contribution in [1.29, 1.82) is 0 Å². The second kappa shape index (κ2) is 3.81. The second-order valence-corrected chi connectivity index (χ2v) is 4.34. The number of nitrogen functional groups attached to an aromatic ring is 1. The molecule has 1 fully saturated rings. The Hall–Kier alpha value is -1.10. The lowest BCUT2D eigenvalue weighted by atomic mass is 9.79. The fourth-order valence-corrected chi connectivity index (χ4v) is 2.17. The first-order valence-electron chi connectivity index (χ1n) is 5.31. The third kappa shape index (κ3) is 1.84. The van der Waals surface area contributed by atoms with E-state index >= 15 is 0 Å². The minimum atomic E-state index is -0.381. The van der Waals surface area contributed by atoms with E-state index < -0.39 is 0 Å². The van der Waals surface area contributed by atoms with Gasteiger partial charge in [0.15, 0.2) is 0 Å². The van der Waals surface area contributed by atoms with Gasteiger partial charge in [0.05, 0.1) is 0 Å². The van der Waals surface area contributed by atoms with Crippen molar-refractivity contribution in [1.82, 2.24) is 10.1 Å². The van der Waals surface area contributed by atoms with Gasteiger partial charge in [-0.3, -0.25) is 0 Å². The molecule has 1 saturated carbocycles. The van der Waals surface area contributed by atoms with Gasteiger partial charge in [0, 0.05) is 7.11 Å². The molecule has 84 valence electrons. The van der Waals surface area contributed by atoms with Crippen LogP contribution in [0.4, 0.5) is 6.01 Å². The standard InChI is InChI=1S/C10H17N3O2/c1-7-3-5-10(14-2,6-4-7)8-12-9(11)15-13-8/h7H,3-6H2,1-2H3,(H2,11,12,13). The quantitative estimate of drug-likeness (QED) is 0.805. The lowest BCUT2D eigenvalue weighted by Gasteiger charge is -2.35. The molecule has 2 N–H and O–H groups in total. The van der Waals surface area contributed by atoms with E-state index in [2.05, 4.69) is 17.1 Å². The molecule has 0 bridgehead atoms. The van der Waals surface area contributed by atoms with Gasteiger partial charge in [-0.05, 0) is 31.6 Å². The normalized spacial score (nSPS) is 31.7. The number of nitrogens with two attached hydrogens (primary N) is 1.